The minimum absolute atomic E-state index is 0.136. The molecule has 5 nitrogen and oxygen atoms in total. The molecule has 2 fully saturated rings. The molecule has 138 valence electrons. The molecule has 1 saturated carbocycles. The zero-order valence-electron chi connectivity index (χ0n) is 15.1. The number of imide groups is 1. The molecular formula is C22H21NO4. The Morgan fingerprint density at radius 2 is 1.70 bits per heavy atom. The van der Waals surface area contributed by atoms with Crippen LogP contribution in [-0.2, 0) is 9.59 Å². The van der Waals surface area contributed by atoms with Crippen LogP contribution in [-0.4, -0.2) is 17.8 Å². The van der Waals surface area contributed by atoms with Gasteiger partial charge in [-0.05, 0) is 49.4 Å². The summed E-state index contributed by atoms with van der Waals surface area (Å²) < 4.78 is 5.42. The highest BCUT2D eigenvalue weighted by molar-refractivity contribution is 6.22. The quantitative estimate of drug-likeness (QED) is 0.472. The van der Waals surface area contributed by atoms with Crippen LogP contribution >= 0.6 is 0 Å². The predicted octanol–water partition coefficient (Wildman–Crippen LogP) is 3.83. The van der Waals surface area contributed by atoms with E-state index in [0.29, 0.717) is 22.9 Å². The standard InChI is InChI=1S/C22H21NO4/c1-14-10-11-18-19(12-14)21(25)23(20(18)24)16-8-5-9-17(13-16)27-22(26)15-6-3-2-4-7-15/h2-9,13-14,18-19H,10-12H2,1H3/t14-,18+,19-/m1/s1. The fraction of sp³-hybridized carbons (Fsp3) is 0.318. The monoisotopic (exact) mass is 363 g/mol. The molecule has 5 heteroatoms. The summed E-state index contributed by atoms with van der Waals surface area (Å²) in [4.78, 5) is 39.2. The van der Waals surface area contributed by atoms with E-state index in [2.05, 4.69) is 6.92 Å². The lowest BCUT2D eigenvalue weighted by Gasteiger charge is -2.25. The lowest BCUT2D eigenvalue weighted by Crippen LogP contribution is -2.30. The predicted molar refractivity (Wildman–Crippen MR) is 100 cm³/mol. The molecule has 2 aromatic carbocycles. The van der Waals surface area contributed by atoms with E-state index in [4.69, 9.17) is 4.74 Å². The molecule has 0 unspecified atom stereocenters. The molecule has 1 heterocycles. The molecule has 27 heavy (non-hydrogen) atoms. The van der Waals surface area contributed by atoms with Crippen molar-refractivity contribution in [3.63, 3.8) is 0 Å². The first-order valence-electron chi connectivity index (χ1n) is 9.29. The van der Waals surface area contributed by atoms with E-state index in [1.807, 2.05) is 6.07 Å². The number of benzene rings is 2. The van der Waals surface area contributed by atoms with E-state index in [-0.39, 0.29) is 23.7 Å². The summed E-state index contributed by atoms with van der Waals surface area (Å²) in [6.45, 7) is 2.13. The molecule has 0 spiro atoms. The van der Waals surface area contributed by atoms with E-state index in [1.54, 1.807) is 48.5 Å². The van der Waals surface area contributed by atoms with Crippen molar-refractivity contribution < 1.29 is 19.1 Å². The first-order chi connectivity index (χ1) is 13.0. The minimum Gasteiger partial charge on any atom is -0.423 e. The fourth-order valence-electron chi connectivity index (χ4n) is 4.07. The van der Waals surface area contributed by atoms with Crippen LogP contribution in [0.1, 0.15) is 36.5 Å². The Bertz CT molecular complexity index is 892. The van der Waals surface area contributed by atoms with E-state index < -0.39 is 5.97 Å². The van der Waals surface area contributed by atoms with Crippen LogP contribution in [0.25, 0.3) is 0 Å². The molecule has 1 saturated heterocycles. The summed E-state index contributed by atoms with van der Waals surface area (Å²) in [6.07, 6.45) is 2.49. The third kappa shape index (κ3) is 3.25. The molecular weight excluding hydrogens is 342 g/mol. The summed E-state index contributed by atoms with van der Waals surface area (Å²) in [5.41, 5.74) is 0.904. The number of hydrogen-bond acceptors (Lipinski definition) is 4. The van der Waals surface area contributed by atoms with E-state index in [0.717, 1.165) is 19.3 Å². The molecule has 3 atom stereocenters. The van der Waals surface area contributed by atoms with E-state index >= 15 is 0 Å². The van der Waals surface area contributed by atoms with Crippen molar-refractivity contribution in [3.8, 4) is 5.75 Å². The summed E-state index contributed by atoms with van der Waals surface area (Å²) in [5.74, 6) is -0.423. The van der Waals surface area contributed by atoms with Gasteiger partial charge in [0.2, 0.25) is 11.8 Å². The van der Waals surface area contributed by atoms with Gasteiger partial charge in [0.05, 0.1) is 23.1 Å². The Morgan fingerprint density at radius 1 is 0.963 bits per heavy atom. The number of carbonyl (C=O) groups excluding carboxylic acids is 3. The zero-order valence-corrected chi connectivity index (χ0v) is 15.1. The largest absolute Gasteiger partial charge is 0.423 e. The van der Waals surface area contributed by atoms with Crippen molar-refractivity contribution in [2.45, 2.75) is 26.2 Å². The summed E-state index contributed by atoms with van der Waals surface area (Å²) >= 11 is 0. The molecule has 1 aliphatic carbocycles. The van der Waals surface area contributed by atoms with Crippen molar-refractivity contribution in [1.29, 1.82) is 0 Å². The molecule has 4 rings (SSSR count). The second kappa shape index (κ2) is 6.99. The number of rotatable bonds is 3. The fourth-order valence-corrected chi connectivity index (χ4v) is 4.07. The Labute approximate surface area is 157 Å². The second-order valence-corrected chi connectivity index (χ2v) is 7.40. The Morgan fingerprint density at radius 3 is 2.48 bits per heavy atom. The maximum Gasteiger partial charge on any atom is 0.343 e. The third-order valence-corrected chi connectivity index (χ3v) is 5.48. The van der Waals surface area contributed by atoms with Gasteiger partial charge in [-0.3, -0.25) is 9.59 Å². The number of carbonyl (C=O) groups is 3. The van der Waals surface area contributed by atoms with E-state index in [1.165, 1.54) is 4.90 Å². The maximum atomic E-state index is 12.8. The molecule has 0 bridgehead atoms. The van der Waals surface area contributed by atoms with Crippen LogP contribution in [0.5, 0.6) is 5.75 Å². The lowest BCUT2D eigenvalue weighted by atomic mass is 9.76. The molecule has 2 amide bonds. The van der Waals surface area contributed by atoms with Gasteiger partial charge in [0, 0.05) is 6.07 Å². The van der Waals surface area contributed by atoms with Crippen molar-refractivity contribution in [1.82, 2.24) is 0 Å². The van der Waals surface area contributed by atoms with Gasteiger partial charge in [-0.15, -0.1) is 0 Å². The lowest BCUT2D eigenvalue weighted by molar-refractivity contribution is -0.122. The average Bonchev–Trinajstić information content (AvgIpc) is 2.92. The van der Waals surface area contributed by atoms with Gasteiger partial charge in [-0.2, -0.15) is 0 Å². The molecule has 1 aliphatic heterocycles. The smallest absolute Gasteiger partial charge is 0.343 e. The first-order valence-corrected chi connectivity index (χ1v) is 9.29. The molecule has 2 aromatic rings. The van der Waals surface area contributed by atoms with Gasteiger partial charge in [0.25, 0.3) is 0 Å². The van der Waals surface area contributed by atoms with Crippen LogP contribution in [0.15, 0.2) is 54.6 Å². The van der Waals surface area contributed by atoms with Crippen LogP contribution < -0.4 is 9.64 Å². The normalized spacial score (nSPS) is 24.6. The third-order valence-electron chi connectivity index (χ3n) is 5.48. The molecule has 2 aliphatic rings. The van der Waals surface area contributed by atoms with Crippen molar-refractivity contribution >= 4 is 23.5 Å². The number of ether oxygens (including phenoxy) is 1. The maximum absolute atomic E-state index is 12.8. The van der Waals surface area contributed by atoms with E-state index in [9.17, 15) is 14.4 Å². The first kappa shape index (κ1) is 17.5. The number of esters is 1. The zero-order chi connectivity index (χ0) is 19.0. The molecule has 0 N–H and O–H groups in total. The van der Waals surface area contributed by atoms with Gasteiger partial charge in [0.15, 0.2) is 0 Å². The number of amides is 2. The van der Waals surface area contributed by atoms with Gasteiger partial charge in [0.1, 0.15) is 5.75 Å². The highest BCUT2D eigenvalue weighted by Crippen LogP contribution is 2.42. The minimum atomic E-state index is -0.477. The van der Waals surface area contributed by atoms with Crippen molar-refractivity contribution in [2.75, 3.05) is 4.90 Å². The van der Waals surface area contributed by atoms with Gasteiger partial charge in [-0.25, -0.2) is 9.69 Å². The number of anilines is 1. The molecule has 0 radical (unpaired) electrons. The SMILES string of the molecule is C[C@@H]1CC[C@@H]2C(=O)N(c3cccc(OC(=O)c4ccccc4)c3)C(=O)[C@@H]2C1. The average molecular weight is 363 g/mol. The molecule has 0 aromatic heterocycles. The van der Waals surface area contributed by atoms with Gasteiger partial charge < -0.3 is 4.74 Å². The van der Waals surface area contributed by atoms with Gasteiger partial charge >= 0.3 is 5.97 Å². The Balaban J connectivity index is 1.56. The summed E-state index contributed by atoms with van der Waals surface area (Å²) in [6, 6.07) is 15.3. The van der Waals surface area contributed by atoms with Crippen LogP contribution in [0.4, 0.5) is 5.69 Å². The Kier molecular flexibility index (Phi) is 4.52. The van der Waals surface area contributed by atoms with Crippen molar-refractivity contribution in [2.24, 2.45) is 17.8 Å². The highest BCUT2D eigenvalue weighted by atomic mass is 16.5. The summed E-state index contributed by atoms with van der Waals surface area (Å²) in [7, 11) is 0. The number of hydrogen-bond donors (Lipinski definition) is 0. The topological polar surface area (TPSA) is 63.7 Å². The van der Waals surface area contributed by atoms with Crippen molar-refractivity contribution in [3.05, 3.63) is 60.2 Å². The highest BCUT2D eigenvalue weighted by Gasteiger charge is 2.50. The van der Waals surface area contributed by atoms with Crippen LogP contribution in [0, 0.1) is 17.8 Å². The summed E-state index contributed by atoms with van der Waals surface area (Å²) in [5, 5.41) is 0. The second-order valence-electron chi connectivity index (χ2n) is 7.40. The number of nitrogens with zero attached hydrogens (tertiary/aromatic N) is 1. The van der Waals surface area contributed by atoms with Crippen LogP contribution in [0.3, 0.4) is 0 Å². The van der Waals surface area contributed by atoms with Crippen LogP contribution in [0.2, 0.25) is 0 Å². The number of fused-ring (bicyclic) bond motifs is 1. The van der Waals surface area contributed by atoms with Gasteiger partial charge in [-0.1, -0.05) is 31.2 Å². The Hall–Kier alpha value is -2.95.